The van der Waals surface area contributed by atoms with E-state index in [0.29, 0.717) is 6.54 Å². The molecule has 3 aromatic rings. The van der Waals surface area contributed by atoms with E-state index in [4.69, 9.17) is 16.6 Å². The highest BCUT2D eigenvalue weighted by Gasteiger charge is 2.40. The Morgan fingerprint density at radius 2 is 1.94 bits per heavy atom. The molecule has 1 saturated heterocycles. The Kier molecular flexibility index (Phi) is 5.96. The first-order chi connectivity index (χ1) is 14.6. The molecule has 4 heterocycles. The topological polar surface area (TPSA) is 67.2 Å². The van der Waals surface area contributed by atoms with Crippen LogP contribution in [0.25, 0.3) is 0 Å². The zero-order valence-corrected chi connectivity index (χ0v) is 17.6. The van der Waals surface area contributed by atoms with Crippen LogP contribution in [0.1, 0.15) is 37.2 Å². The summed E-state index contributed by atoms with van der Waals surface area (Å²) in [4.78, 5) is 25.7. The van der Waals surface area contributed by atoms with E-state index in [1.807, 2.05) is 42.2 Å². The number of halogens is 1. The molecule has 0 aliphatic carbocycles. The summed E-state index contributed by atoms with van der Waals surface area (Å²) in [7, 11) is 1.81. The molecule has 162 valence electrons. The van der Waals surface area contributed by atoms with E-state index < -0.39 is 0 Å². The van der Waals surface area contributed by atoms with Gasteiger partial charge in [-0.2, -0.15) is 5.10 Å². The van der Waals surface area contributed by atoms with E-state index >= 15 is 0 Å². The van der Waals surface area contributed by atoms with Crippen molar-refractivity contribution in [3.8, 4) is 0 Å². The van der Waals surface area contributed by atoms with Crippen molar-refractivity contribution in [3.63, 3.8) is 0 Å². The smallest absolute Gasteiger partial charge is 0.249 e. The van der Waals surface area contributed by atoms with Gasteiger partial charge in [0.25, 0.3) is 0 Å². The summed E-state index contributed by atoms with van der Waals surface area (Å²) in [5, 5.41) is 5.21. The van der Waals surface area contributed by atoms with Crippen molar-refractivity contribution in [1.29, 1.82) is 0 Å². The summed E-state index contributed by atoms with van der Waals surface area (Å²) in [5.74, 6) is 1.83. The fraction of sp³-hybridized carbons (Fsp3) is 0.391. The SMILES string of the molecule is C.CN1C(=O)[C@@H]2CCCN2c2nc(CCc3cnn(Cc4ccc(Cl)cc4)c3)ncc21. The van der Waals surface area contributed by atoms with Crippen LogP contribution in [0, 0.1) is 0 Å². The molecule has 0 spiro atoms. The van der Waals surface area contributed by atoms with Crippen LogP contribution in [0.4, 0.5) is 11.5 Å². The van der Waals surface area contributed by atoms with Crippen molar-refractivity contribution in [1.82, 2.24) is 19.7 Å². The molecule has 0 bridgehead atoms. The number of fused-ring (bicyclic) bond motifs is 3. The van der Waals surface area contributed by atoms with E-state index in [1.54, 1.807) is 11.1 Å². The zero-order chi connectivity index (χ0) is 20.7. The minimum Gasteiger partial charge on any atom is -0.343 e. The second-order valence-electron chi connectivity index (χ2n) is 7.92. The number of benzene rings is 1. The summed E-state index contributed by atoms with van der Waals surface area (Å²) >= 11 is 5.95. The Labute approximate surface area is 187 Å². The second kappa shape index (κ2) is 8.67. The van der Waals surface area contributed by atoms with Gasteiger partial charge in [-0.25, -0.2) is 9.97 Å². The van der Waals surface area contributed by atoms with E-state index in [1.165, 1.54) is 0 Å². The van der Waals surface area contributed by atoms with Crippen LogP contribution in [-0.2, 0) is 24.2 Å². The average Bonchev–Trinajstić information content (AvgIpc) is 3.42. The third-order valence-electron chi connectivity index (χ3n) is 5.88. The lowest BCUT2D eigenvalue weighted by atomic mass is 10.1. The molecule has 2 aliphatic rings. The van der Waals surface area contributed by atoms with Crippen molar-refractivity contribution in [3.05, 3.63) is 64.8 Å². The lowest BCUT2D eigenvalue weighted by molar-refractivity contribution is -0.119. The van der Waals surface area contributed by atoms with E-state index in [0.717, 1.165) is 65.7 Å². The van der Waals surface area contributed by atoms with Crippen LogP contribution in [0.15, 0.2) is 42.9 Å². The largest absolute Gasteiger partial charge is 0.343 e. The van der Waals surface area contributed by atoms with Crippen LogP contribution in [0.2, 0.25) is 5.02 Å². The molecule has 1 amide bonds. The third-order valence-corrected chi connectivity index (χ3v) is 6.14. The number of carbonyl (C=O) groups is 1. The molecule has 8 heteroatoms. The number of nitrogens with zero attached hydrogens (tertiary/aromatic N) is 6. The van der Waals surface area contributed by atoms with Gasteiger partial charge in [-0.05, 0) is 42.5 Å². The molecule has 31 heavy (non-hydrogen) atoms. The molecule has 0 radical (unpaired) electrons. The van der Waals surface area contributed by atoms with E-state index in [2.05, 4.69) is 21.2 Å². The van der Waals surface area contributed by atoms with Gasteiger partial charge in [0.1, 0.15) is 17.6 Å². The first-order valence-corrected chi connectivity index (χ1v) is 10.6. The monoisotopic (exact) mass is 438 g/mol. The third kappa shape index (κ3) is 4.14. The summed E-state index contributed by atoms with van der Waals surface area (Å²) in [5.41, 5.74) is 3.11. The Hall–Kier alpha value is -2.93. The Morgan fingerprint density at radius 3 is 2.74 bits per heavy atom. The van der Waals surface area contributed by atoms with Crippen molar-refractivity contribution < 1.29 is 4.79 Å². The van der Waals surface area contributed by atoms with Crippen LogP contribution >= 0.6 is 11.6 Å². The summed E-state index contributed by atoms with van der Waals surface area (Å²) in [6.45, 7) is 1.59. The number of hydrogen-bond donors (Lipinski definition) is 0. The number of anilines is 2. The maximum Gasteiger partial charge on any atom is 0.249 e. The minimum absolute atomic E-state index is 0. The van der Waals surface area contributed by atoms with Gasteiger partial charge in [-0.15, -0.1) is 0 Å². The molecule has 0 saturated carbocycles. The molecule has 2 aliphatic heterocycles. The highest BCUT2D eigenvalue weighted by atomic mass is 35.5. The molecule has 5 rings (SSSR count). The van der Waals surface area contributed by atoms with Crippen LogP contribution < -0.4 is 9.80 Å². The van der Waals surface area contributed by atoms with E-state index in [9.17, 15) is 4.79 Å². The second-order valence-corrected chi connectivity index (χ2v) is 8.35. The highest BCUT2D eigenvalue weighted by molar-refractivity contribution is 6.30. The van der Waals surface area contributed by atoms with Crippen molar-refractivity contribution in [2.45, 2.75) is 45.7 Å². The number of carbonyl (C=O) groups excluding carboxylic acids is 1. The molecule has 0 N–H and O–H groups in total. The maximum absolute atomic E-state index is 12.5. The standard InChI is InChI=1S/C22H23ClN6O.CH4/c1-27-19-12-24-20(26-21(19)29-10-2-3-18(29)22(27)30)9-6-16-11-25-28(14-16)13-15-4-7-17(23)8-5-15;/h4-5,7-8,11-12,14,18H,2-3,6,9-10,13H2,1H3;1H4/t18-;/m0./s1. The lowest BCUT2D eigenvalue weighted by Crippen LogP contribution is -2.49. The predicted octanol–water partition coefficient (Wildman–Crippen LogP) is 3.74. The predicted molar refractivity (Wildman–Crippen MR) is 123 cm³/mol. The first kappa shape index (κ1) is 21.3. The number of likely N-dealkylation sites (N-methyl/N-ethyl adjacent to an activating group) is 1. The lowest BCUT2D eigenvalue weighted by Gasteiger charge is -2.36. The molecule has 2 aromatic heterocycles. The van der Waals surface area contributed by atoms with Gasteiger partial charge in [0.05, 0.1) is 18.9 Å². The van der Waals surface area contributed by atoms with Crippen molar-refractivity contribution in [2.24, 2.45) is 0 Å². The summed E-state index contributed by atoms with van der Waals surface area (Å²) < 4.78 is 1.93. The summed E-state index contributed by atoms with van der Waals surface area (Å²) in [6, 6.07) is 7.74. The van der Waals surface area contributed by atoms with Gasteiger partial charge in [0, 0.05) is 31.2 Å². The van der Waals surface area contributed by atoms with Gasteiger partial charge in [0.15, 0.2) is 5.82 Å². The van der Waals surface area contributed by atoms with E-state index in [-0.39, 0.29) is 19.4 Å². The highest BCUT2D eigenvalue weighted by Crippen LogP contribution is 2.37. The molecular weight excluding hydrogens is 412 g/mol. The molecule has 7 nitrogen and oxygen atoms in total. The fourth-order valence-corrected chi connectivity index (χ4v) is 4.37. The minimum atomic E-state index is -0.0728. The Morgan fingerprint density at radius 1 is 1.13 bits per heavy atom. The zero-order valence-electron chi connectivity index (χ0n) is 16.8. The van der Waals surface area contributed by atoms with Gasteiger partial charge in [-0.1, -0.05) is 31.2 Å². The van der Waals surface area contributed by atoms with Gasteiger partial charge >= 0.3 is 0 Å². The Balaban J connectivity index is 0.00000231. The molecule has 1 fully saturated rings. The first-order valence-electron chi connectivity index (χ1n) is 10.2. The molecule has 1 aromatic carbocycles. The van der Waals surface area contributed by atoms with Gasteiger partial charge in [0.2, 0.25) is 5.91 Å². The quantitative estimate of drug-likeness (QED) is 0.607. The maximum atomic E-state index is 12.5. The summed E-state index contributed by atoms with van der Waals surface area (Å²) in [6.07, 6.45) is 9.22. The van der Waals surface area contributed by atoms with Crippen molar-refractivity contribution in [2.75, 3.05) is 23.4 Å². The van der Waals surface area contributed by atoms with Crippen LogP contribution in [-0.4, -0.2) is 45.3 Å². The average molecular weight is 439 g/mol. The van der Waals surface area contributed by atoms with Crippen LogP contribution in [0.5, 0.6) is 0 Å². The number of hydrogen-bond acceptors (Lipinski definition) is 5. The van der Waals surface area contributed by atoms with Gasteiger partial charge in [-0.3, -0.25) is 9.48 Å². The Bertz CT molecular complexity index is 1080. The molecular formula is C23H27ClN6O. The number of aryl methyl sites for hydroxylation is 2. The number of amides is 1. The van der Waals surface area contributed by atoms with Crippen LogP contribution in [0.3, 0.4) is 0 Å². The molecule has 0 unspecified atom stereocenters. The molecule has 1 atom stereocenters. The van der Waals surface area contributed by atoms with Crippen molar-refractivity contribution >= 4 is 29.0 Å². The fourth-order valence-electron chi connectivity index (χ4n) is 4.24. The number of aromatic nitrogens is 4. The number of rotatable bonds is 5. The van der Waals surface area contributed by atoms with Gasteiger partial charge < -0.3 is 9.80 Å². The normalized spacial score (nSPS) is 17.4.